The molecule has 0 saturated heterocycles. The molecule has 1 aromatic carbocycles. The number of ether oxygens (including phenoxy) is 1. The van der Waals surface area contributed by atoms with Crippen molar-refractivity contribution in [3.8, 4) is 11.4 Å². The van der Waals surface area contributed by atoms with E-state index >= 15 is 0 Å². The molecule has 0 aliphatic rings. The number of aromatic nitrogens is 2. The summed E-state index contributed by atoms with van der Waals surface area (Å²) in [5, 5.41) is 8.69. The Hall–Kier alpha value is -3.29. The van der Waals surface area contributed by atoms with Crippen LogP contribution in [0.3, 0.4) is 0 Å². The normalized spacial score (nSPS) is 10.7. The SMILES string of the molecule is CNn1cc(OC(=O)O)c(=O)c2cc(F)c(-n3cccc3)cc21. The molecule has 3 aromatic rings. The molecular formula is C15H12FN3O4. The Bertz CT molecular complexity index is 948. The van der Waals surface area contributed by atoms with Crippen LogP contribution in [-0.2, 0) is 0 Å². The molecule has 2 N–H and O–H groups in total. The van der Waals surface area contributed by atoms with Crippen molar-refractivity contribution in [1.82, 2.24) is 9.24 Å². The number of halogens is 1. The van der Waals surface area contributed by atoms with Crippen LogP contribution in [0.15, 0.2) is 47.7 Å². The zero-order valence-corrected chi connectivity index (χ0v) is 12.0. The first-order valence-corrected chi connectivity index (χ1v) is 6.62. The smallest absolute Gasteiger partial charge is 0.449 e. The fourth-order valence-corrected chi connectivity index (χ4v) is 2.35. The molecular weight excluding hydrogens is 305 g/mol. The Morgan fingerprint density at radius 3 is 2.61 bits per heavy atom. The maximum atomic E-state index is 14.3. The topological polar surface area (TPSA) is 85.5 Å². The standard InChI is InChI=1S/C15H12FN3O4/c1-17-19-8-13(23-15(21)22)14(20)9-6-10(16)12(7-11(9)19)18-4-2-3-5-18/h2-8,17H,1H3,(H,21,22). The van der Waals surface area contributed by atoms with E-state index in [9.17, 15) is 14.0 Å². The summed E-state index contributed by atoms with van der Waals surface area (Å²) < 4.78 is 21.8. The number of benzene rings is 1. The summed E-state index contributed by atoms with van der Waals surface area (Å²) in [6.07, 6.45) is 2.94. The highest BCUT2D eigenvalue weighted by Gasteiger charge is 2.16. The third kappa shape index (κ3) is 2.50. The Morgan fingerprint density at radius 2 is 2.00 bits per heavy atom. The maximum absolute atomic E-state index is 14.3. The molecule has 118 valence electrons. The van der Waals surface area contributed by atoms with Gasteiger partial charge in [0.1, 0.15) is 5.82 Å². The Kier molecular flexibility index (Phi) is 3.49. The van der Waals surface area contributed by atoms with Gasteiger partial charge in [-0.2, -0.15) is 0 Å². The highest BCUT2D eigenvalue weighted by molar-refractivity contribution is 5.83. The van der Waals surface area contributed by atoms with Crippen molar-refractivity contribution in [3.05, 3.63) is 58.9 Å². The lowest BCUT2D eigenvalue weighted by atomic mass is 10.1. The molecule has 7 nitrogen and oxygen atoms in total. The average Bonchev–Trinajstić information content (AvgIpc) is 3.03. The first-order valence-electron chi connectivity index (χ1n) is 6.62. The van der Waals surface area contributed by atoms with Gasteiger partial charge in [0.15, 0.2) is 0 Å². The number of hydrogen-bond donors (Lipinski definition) is 2. The summed E-state index contributed by atoms with van der Waals surface area (Å²) in [4.78, 5) is 22.9. The lowest BCUT2D eigenvalue weighted by molar-refractivity contribution is 0.144. The summed E-state index contributed by atoms with van der Waals surface area (Å²) in [5.41, 5.74) is 2.73. The lowest BCUT2D eigenvalue weighted by Gasteiger charge is -2.14. The summed E-state index contributed by atoms with van der Waals surface area (Å²) >= 11 is 0. The van der Waals surface area contributed by atoms with Crippen molar-refractivity contribution >= 4 is 17.1 Å². The molecule has 2 aromatic heterocycles. The molecule has 0 bridgehead atoms. The van der Waals surface area contributed by atoms with Crippen LogP contribution < -0.4 is 15.6 Å². The van der Waals surface area contributed by atoms with E-state index in [1.165, 1.54) is 16.9 Å². The number of carboxylic acid groups (broad SMARTS) is 1. The van der Waals surface area contributed by atoms with Crippen molar-refractivity contribution < 1.29 is 19.0 Å². The predicted octanol–water partition coefficient (Wildman–Crippen LogP) is 2.16. The van der Waals surface area contributed by atoms with Crippen molar-refractivity contribution in [3.63, 3.8) is 0 Å². The minimum Gasteiger partial charge on any atom is -0.449 e. The van der Waals surface area contributed by atoms with Gasteiger partial charge in [-0.15, -0.1) is 0 Å². The van der Waals surface area contributed by atoms with Crippen LogP contribution in [0.5, 0.6) is 5.75 Å². The van der Waals surface area contributed by atoms with Gasteiger partial charge in [0.25, 0.3) is 0 Å². The molecule has 0 fully saturated rings. The van der Waals surface area contributed by atoms with Gasteiger partial charge < -0.3 is 19.8 Å². The van der Waals surface area contributed by atoms with E-state index in [0.717, 1.165) is 6.07 Å². The Labute approximate surface area is 129 Å². The molecule has 3 rings (SSSR count). The van der Waals surface area contributed by atoms with Crippen molar-refractivity contribution in [2.24, 2.45) is 0 Å². The second kappa shape index (κ2) is 5.48. The Balaban J connectivity index is 2.32. The Morgan fingerprint density at radius 1 is 1.30 bits per heavy atom. The van der Waals surface area contributed by atoms with Gasteiger partial charge in [0.05, 0.1) is 22.8 Å². The highest BCUT2D eigenvalue weighted by Crippen LogP contribution is 2.22. The van der Waals surface area contributed by atoms with E-state index in [2.05, 4.69) is 10.2 Å². The molecule has 23 heavy (non-hydrogen) atoms. The number of fused-ring (bicyclic) bond motifs is 1. The second-order valence-corrected chi connectivity index (χ2v) is 4.70. The summed E-state index contributed by atoms with van der Waals surface area (Å²) in [7, 11) is 1.58. The van der Waals surface area contributed by atoms with Crippen LogP contribution in [-0.4, -0.2) is 27.6 Å². The molecule has 0 amide bonds. The zero-order chi connectivity index (χ0) is 16.6. The van der Waals surface area contributed by atoms with E-state index in [4.69, 9.17) is 5.11 Å². The second-order valence-electron chi connectivity index (χ2n) is 4.70. The van der Waals surface area contributed by atoms with Crippen LogP contribution in [0.1, 0.15) is 0 Å². The fraction of sp³-hybridized carbons (Fsp3) is 0.0667. The van der Waals surface area contributed by atoms with Crippen molar-refractivity contribution in [1.29, 1.82) is 0 Å². The largest absolute Gasteiger partial charge is 0.511 e. The van der Waals surface area contributed by atoms with Gasteiger partial charge in [-0.1, -0.05) is 0 Å². The zero-order valence-electron chi connectivity index (χ0n) is 12.0. The lowest BCUT2D eigenvalue weighted by Crippen LogP contribution is -2.20. The van der Waals surface area contributed by atoms with E-state index < -0.39 is 23.2 Å². The number of carbonyl (C=O) groups is 1. The molecule has 0 aliphatic carbocycles. The summed E-state index contributed by atoms with van der Waals surface area (Å²) in [6, 6.07) is 6.06. The number of rotatable bonds is 3. The molecule has 0 saturated carbocycles. The fourth-order valence-electron chi connectivity index (χ4n) is 2.35. The van der Waals surface area contributed by atoms with Gasteiger partial charge in [0, 0.05) is 19.4 Å². The van der Waals surface area contributed by atoms with Crippen LogP contribution >= 0.6 is 0 Å². The van der Waals surface area contributed by atoms with Crippen molar-refractivity contribution in [2.75, 3.05) is 12.5 Å². The molecule has 8 heteroatoms. The molecule has 0 unspecified atom stereocenters. The van der Waals surface area contributed by atoms with Gasteiger partial charge in [-0.05, 0) is 24.3 Å². The van der Waals surface area contributed by atoms with Gasteiger partial charge >= 0.3 is 6.16 Å². The molecule has 0 aliphatic heterocycles. The third-order valence-electron chi connectivity index (χ3n) is 3.36. The van der Waals surface area contributed by atoms with E-state index in [0.29, 0.717) is 5.52 Å². The molecule has 0 radical (unpaired) electrons. The predicted molar refractivity (Wildman–Crippen MR) is 81.4 cm³/mol. The van der Waals surface area contributed by atoms with Crippen LogP contribution in [0, 0.1) is 5.82 Å². The minimum absolute atomic E-state index is 0.00602. The van der Waals surface area contributed by atoms with Crippen LogP contribution in [0.2, 0.25) is 0 Å². The number of nitrogens with one attached hydrogen (secondary N) is 1. The quantitative estimate of drug-likeness (QED) is 0.723. The number of pyridine rings is 1. The van der Waals surface area contributed by atoms with E-state index in [1.54, 1.807) is 36.1 Å². The van der Waals surface area contributed by atoms with Gasteiger partial charge in [-0.25, -0.2) is 9.18 Å². The van der Waals surface area contributed by atoms with Crippen LogP contribution in [0.25, 0.3) is 16.6 Å². The van der Waals surface area contributed by atoms with Crippen LogP contribution in [0.4, 0.5) is 9.18 Å². The first kappa shape index (κ1) is 14.6. The van der Waals surface area contributed by atoms with Gasteiger partial charge in [0.2, 0.25) is 11.2 Å². The van der Waals surface area contributed by atoms with E-state index in [-0.39, 0.29) is 11.1 Å². The first-order chi connectivity index (χ1) is 11.0. The van der Waals surface area contributed by atoms with E-state index in [1.807, 2.05) is 0 Å². The number of nitrogens with zero attached hydrogens (tertiary/aromatic N) is 2. The van der Waals surface area contributed by atoms with Gasteiger partial charge in [-0.3, -0.25) is 9.47 Å². The summed E-state index contributed by atoms with van der Waals surface area (Å²) in [6.45, 7) is 0. The number of hydrogen-bond acceptors (Lipinski definition) is 4. The molecule has 0 spiro atoms. The monoisotopic (exact) mass is 317 g/mol. The van der Waals surface area contributed by atoms with Crippen molar-refractivity contribution in [2.45, 2.75) is 0 Å². The highest BCUT2D eigenvalue weighted by atomic mass is 19.1. The summed E-state index contributed by atoms with van der Waals surface area (Å²) in [5.74, 6) is -1.02. The molecule has 2 heterocycles. The minimum atomic E-state index is -1.62. The maximum Gasteiger partial charge on any atom is 0.511 e. The molecule has 0 atom stereocenters. The third-order valence-corrected chi connectivity index (χ3v) is 3.36. The average molecular weight is 317 g/mol.